The first-order chi connectivity index (χ1) is 17.1. The maximum absolute atomic E-state index is 12.5. The molecule has 1 aromatic carbocycles. The van der Waals surface area contributed by atoms with Crippen LogP contribution in [0.15, 0.2) is 35.3 Å². The second-order valence-corrected chi connectivity index (χ2v) is 7.81. The molecule has 1 amide bonds. The SMILES string of the molecule is [CH2]CC(N)N(Cc1cnc2[nH]c(N)nc(=O)c2n1)c1ccc(C(=O)N[C@@H](CCC(=O)O)C(=O)O)cc1. The van der Waals surface area contributed by atoms with Crippen molar-refractivity contribution >= 4 is 40.6 Å². The summed E-state index contributed by atoms with van der Waals surface area (Å²) in [6.45, 7) is 3.99. The van der Waals surface area contributed by atoms with Gasteiger partial charge in [-0.1, -0.05) is 0 Å². The molecular weight excluding hydrogens is 472 g/mol. The standard InChI is InChI=1S/C22H25N8O6/c1-2-15(23)30(10-12-9-25-18-17(26-12)20(34)29-22(24)28-18)13-5-3-11(4-6-13)19(33)27-14(21(35)36)7-8-16(31)32/h3-6,9,14-15H,1-2,7-8,10,23H2,(H,27,33)(H,31,32)(H,35,36)(H3,24,25,28,29,34)/t14-,15?/m0/s1. The van der Waals surface area contributed by atoms with Gasteiger partial charge in [-0.25, -0.2) is 14.8 Å². The van der Waals surface area contributed by atoms with E-state index in [0.717, 1.165) is 0 Å². The molecule has 0 spiro atoms. The van der Waals surface area contributed by atoms with Gasteiger partial charge < -0.3 is 36.9 Å². The highest BCUT2D eigenvalue weighted by atomic mass is 16.4. The first-order valence-electron chi connectivity index (χ1n) is 10.8. The summed E-state index contributed by atoms with van der Waals surface area (Å²) in [6, 6.07) is 4.84. The van der Waals surface area contributed by atoms with E-state index in [-0.39, 0.29) is 35.6 Å². The number of nitrogens with one attached hydrogen (secondary N) is 2. The van der Waals surface area contributed by atoms with E-state index in [9.17, 15) is 24.3 Å². The van der Waals surface area contributed by atoms with E-state index in [2.05, 4.69) is 32.2 Å². The van der Waals surface area contributed by atoms with Gasteiger partial charge in [0.25, 0.3) is 5.91 Å². The zero-order chi connectivity index (χ0) is 26.4. The molecule has 0 saturated heterocycles. The van der Waals surface area contributed by atoms with Crippen LogP contribution in [-0.2, 0) is 16.1 Å². The van der Waals surface area contributed by atoms with Crippen molar-refractivity contribution in [2.45, 2.75) is 38.0 Å². The van der Waals surface area contributed by atoms with E-state index in [1.54, 1.807) is 17.0 Å². The molecule has 0 saturated carbocycles. The van der Waals surface area contributed by atoms with Crippen LogP contribution < -0.4 is 27.2 Å². The average Bonchev–Trinajstić information content (AvgIpc) is 2.84. The van der Waals surface area contributed by atoms with Gasteiger partial charge in [-0.15, -0.1) is 0 Å². The molecule has 2 atom stereocenters. The number of carbonyl (C=O) groups excluding carboxylic acids is 1. The Morgan fingerprint density at radius 2 is 1.86 bits per heavy atom. The van der Waals surface area contributed by atoms with Crippen molar-refractivity contribution in [3.63, 3.8) is 0 Å². The number of carbonyl (C=O) groups is 3. The van der Waals surface area contributed by atoms with Crippen molar-refractivity contribution in [1.82, 2.24) is 25.3 Å². The molecule has 0 aliphatic rings. The number of nitrogens with zero attached hydrogens (tertiary/aromatic N) is 4. The Kier molecular flexibility index (Phi) is 8.11. The number of nitrogens with two attached hydrogens (primary N) is 2. The number of amides is 1. The summed E-state index contributed by atoms with van der Waals surface area (Å²) < 4.78 is 0. The van der Waals surface area contributed by atoms with Gasteiger partial charge in [0, 0.05) is 17.7 Å². The number of H-pyrrole nitrogens is 1. The number of hydrogen-bond donors (Lipinski definition) is 6. The first kappa shape index (κ1) is 26.0. The summed E-state index contributed by atoms with van der Waals surface area (Å²) in [7, 11) is 0. The molecule has 3 aromatic rings. The maximum Gasteiger partial charge on any atom is 0.326 e. The zero-order valence-corrected chi connectivity index (χ0v) is 19.0. The fourth-order valence-electron chi connectivity index (χ4n) is 3.36. The topological polar surface area (TPSA) is 231 Å². The lowest BCUT2D eigenvalue weighted by Crippen LogP contribution is -2.42. The summed E-state index contributed by atoms with van der Waals surface area (Å²) in [6.07, 6.45) is 0.592. The number of hydrogen-bond acceptors (Lipinski definition) is 10. The number of anilines is 2. The van der Waals surface area contributed by atoms with E-state index in [0.29, 0.717) is 17.8 Å². The van der Waals surface area contributed by atoms with E-state index in [1.807, 2.05) is 0 Å². The first-order valence-corrected chi connectivity index (χ1v) is 10.8. The van der Waals surface area contributed by atoms with Crippen LogP contribution in [0.1, 0.15) is 35.3 Å². The fourth-order valence-corrected chi connectivity index (χ4v) is 3.36. The minimum atomic E-state index is -1.34. The molecule has 14 nitrogen and oxygen atoms in total. The largest absolute Gasteiger partial charge is 0.481 e. The summed E-state index contributed by atoms with van der Waals surface area (Å²) in [4.78, 5) is 63.2. The molecule has 2 aromatic heterocycles. The molecule has 189 valence electrons. The molecule has 14 heteroatoms. The molecular formula is C22H25N8O6. The number of aliphatic carboxylic acids is 2. The van der Waals surface area contributed by atoms with Gasteiger partial charge in [0.1, 0.15) is 6.04 Å². The highest BCUT2D eigenvalue weighted by molar-refractivity contribution is 5.97. The Morgan fingerprint density at radius 1 is 1.17 bits per heavy atom. The lowest BCUT2D eigenvalue weighted by molar-refractivity contribution is -0.140. The molecule has 36 heavy (non-hydrogen) atoms. The van der Waals surface area contributed by atoms with Crippen molar-refractivity contribution in [2.24, 2.45) is 5.73 Å². The van der Waals surface area contributed by atoms with Gasteiger partial charge in [-0.3, -0.25) is 14.4 Å². The Bertz CT molecular complexity index is 1330. The lowest BCUT2D eigenvalue weighted by atomic mass is 10.1. The van der Waals surface area contributed by atoms with Crippen LogP contribution in [0.5, 0.6) is 0 Å². The van der Waals surface area contributed by atoms with E-state index >= 15 is 0 Å². The van der Waals surface area contributed by atoms with Crippen LogP contribution in [-0.4, -0.2) is 60.2 Å². The molecule has 2 heterocycles. The van der Waals surface area contributed by atoms with Crippen molar-refractivity contribution in [3.8, 4) is 0 Å². The third kappa shape index (κ3) is 6.29. The van der Waals surface area contributed by atoms with E-state index < -0.39 is 42.0 Å². The van der Waals surface area contributed by atoms with Crippen molar-refractivity contribution < 1.29 is 24.6 Å². The van der Waals surface area contributed by atoms with Gasteiger partial charge in [0.05, 0.1) is 24.6 Å². The molecule has 1 radical (unpaired) electrons. The molecule has 3 rings (SSSR count). The van der Waals surface area contributed by atoms with Gasteiger partial charge in [0.15, 0.2) is 11.2 Å². The molecule has 1 unspecified atom stereocenters. The van der Waals surface area contributed by atoms with Crippen LogP contribution >= 0.6 is 0 Å². The van der Waals surface area contributed by atoms with Crippen LogP contribution in [0.2, 0.25) is 0 Å². The number of rotatable bonds is 11. The maximum atomic E-state index is 12.5. The fraction of sp³-hybridized carbons (Fsp3) is 0.273. The Labute approximate surface area is 204 Å². The zero-order valence-electron chi connectivity index (χ0n) is 19.0. The van der Waals surface area contributed by atoms with Crippen molar-refractivity contribution in [3.05, 3.63) is 59.0 Å². The Hall–Kier alpha value is -4.59. The number of aromatic nitrogens is 4. The Balaban J connectivity index is 1.80. The van der Waals surface area contributed by atoms with Crippen LogP contribution in [0.25, 0.3) is 11.2 Å². The van der Waals surface area contributed by atoms with E-state index in [4.69, 9.17) is 16.6 Å². The van der Waals surface area contributed by atoms with Gasteiger partial charge >= 0.3 is 17.5 Å². The minimum absolute atomic E-state index is 0.0211. The predicted octanol–water partition coefficient (Wildman–Crippen LogP) is -0.141. The van der Waals surface area contributed by atoms with Crippen molar-refractivity contribution in [2.75, 3.05) is 10.6 Å². The second-order valence-electron chi connectivity index (χ2n) is 7.81. The quantitative estimate of drug-likeness (QED) is 0.190. The number of fused-ring (bicyclic) bond motifs is 1. The number of carboxylic acid groups (broad SMARTS) is 2. The summed E-state index contributed by atoms with van der Waals surface area (Å²) in [5.41, 5.74) is 12.6. The predicted molar refractivity (Wildman–Crippen MR) is 129 cm³/mol. The highest BCUT2D eigenvalue weighted by Crippen LogP contribution is 2.20. The van der Waals surface area contributed by atoms with E-state index in [1.165, 1.54) is 18.3 Å². The third-order valence-corrected chi connectivity index (χ3v) is 5.23. The normalized spacial score (nSPS) is 12.6. The number of aromatic amines is 1. The third-order valence-electron chi connectivity index (χ3n) is 5.23. The van der Waals surface area contributed by atoms with Crippen molar-refractivity contribution in [1.29, 1.82) is 0 Å². The number of benzene rings is 1. The molecule has 0 aliphatic carbocycles. The molecule has 8 N–H and O–H groups in total. The summed E-state index contributed by atoms with van der Waals surface area (Å²) in [5, 5.41) is 20.3. The van der Waals surface area contributed by atoms with Crippen LogP contribution in [0.4, 0.5) is 11.6 Å². The smallest absolute Gasteiger partial charge is 0.326 e. The molecule has 0 bridgehead atoms. The number of carboxylic acids is 2. The van der Waals surface area contributed by atoms with Gasteiger partial charge in [-0.2, -0.15) is 4.98 Å². The average molecular weight is 497 g/mol. The van der Waals surface area contributed by atoms with Gasteiger partial charge in [-0.05, 0) is 44.0 Å². The summed E-state index contributed by atoms with van der Waals surface area (Å²) in [5.74, 6) is -3.24. The van der Waals surface area contributed by atoms with Crippen LogP contribution in [0, 0.1) is 6.92 Å². The monoisotopic (exact) mass is 497 g/mol. The molecule has 0 fully saturated rings. The highest BCUT2D eigenvalue weighted by Gasteiger charge is 2.22. The lowest BCUT2D eigenvalue weighted by Gasteiger charge is -2.30. The molecule has 0 aliphatic heterocycles. The summed E-state index contributed by atoms with van der Waals surface area (Å²) >= 11 is 0. The van der Waals surface area contributed by atoms with Crippen LogP contribution in [0.3, 0.4) is 0 Å². The number of nitrogen functional groups attached to an aromatic ring is 1. The Morgan fingerprint density at radius 3 is 2.47 bits per heavy atom. The second kappa shape index (κ2) is 11.2. The van der Waals surface area contributed by atoms with Gasteiger partial charge in [0.2, 0.25) is 5.95 Å². The minimum Gasteiger partial charge on any atom is -0.481 e.